The van der Waals surface area contributed by atoms with Crippen LogP contribution < -0.4 is 10.6 Å². The SMILES string of the molecule is CCOCC(C)(CN)N(C)c1ccccc1C. The number of aryl methyl sites for hydroxylation is 1. The summed E-state index contributed by atoms with van der Waals surface area (Å²) < 4.78 is 5.55. The van der Waals surface area contributed by atoms with Crippen molar-refractivity contribution >= 4 is 5.69 Å². The molecule has 0 saturated heterocycles. The van der Waals surface area contributed by atoms with Gasteiger partial charge >= 0.3 is 0 Å². The van der Waals surface area contributed by atoms with Gasteiger partial charge in [-0.25, -0.2) is 0 Å². The molecular weight excluding hydrogens is 212 g/mol. The van der Waals surface area contributed by atoms with Crippen molar-refractivity contribution in [1.82, 2.24) is 0 Å². The molecule has 0 aliphatic heterocycles. The maximum absolute atomic E-state index is 5.91. The molecule has 0 aliphatic rings. The Morgan fingerprint density at radius 2 is 2.00 bits per heavy atom. The molecule has 3 heteroatoms. The van der Waals surface area contributed by atoms with Crippen LogP contribution in [0.2, 0.25) is 0 Å². The van der Waals surface area contributed by atoms with E-state index in [1.807, 2.05) is 6.92 Å². The zero-order valence-corrected chi connectivity index (χ0v) is 11.4. The van der Waals surface area contributed by atoms with E-state index in [9.17, 15) is 0 Å². The van der Waals surface area contributed by atoms with Crippen LogP contribution >= 0.6 is 0 Å². The number of anilines is 1. The number of nitrogens with two attached hydrogens (primary N) is 1. The van der Waals surface area contributed by atoms with Crippen LogP contribution in [0.5, 0.6) is 0 Å². The van der Waals surface area contributed by atoms with E-state index >= 15 is 0 Å². The lowest BCUT2D eigenvalue weighted by atomic mass is 10.00. The largest absolute Gasteiger partial charge is 0.379 e. The van der Waals surface area contributed by atoms with E-state index in [0.717, 1.165) is 6.61 Å². The summed E-state index contributed by atoms with van der Waals surface area (Å²) in [6.45, 7) is 8.18. The smallest absolute Gasteiger partial charge is 0.0725 e. The van der Waals surface area contributed by atoms with E-state index in [1.165, 1.54) is 11.3 Å². The third-order valence-corrected chi connectivity index (χ3v) is 3.34. The summed E-state index contributed by atoms with van der Waals surface area (Å²) in [6, 6.07) is 8.34. The first-order valence-electron chi connectivity index (χ1n) is 6.12. The molecule has 0 fully saturated rings. The van der Waals surface area contributed by atoms with Gasteiger partial charge in [-0.2, -0.15) is 0 Å². The summed E-state index contributed by atoms with van der Waals surface area (Å²) in [5.41, 5.74) is 8.21. The third-order valence-electron chi connectivity index (χ3n) is 3.34. The summed E-state index contributed by atoms with van der Waals surface area (Å²) in [5, 5.41) is 0. The van der Waals surface area contributed by atoms with Crippen LogP contribution in [0.15, 0.2) is 24.3 Å². The molecule has 2 N–H and O–H groups in total. The number of likely N-dealkylation sites (N-methyl/N-ethyl adjacent to an activating group) is 1. The molecule has 0 spiro atoms. The molecular formula is C14H24N2O. The fourth-order valence-electron chi connectivity index (χ4n) is 1.85. The standard InChI is InChI=1S/C14H24N2O/c1-5-17-11-14(3,10-15)16(4)13-9-7-6-8-12(13)2/h6-9H,5,10-11,15H2,1-4H3. The van der Waals surface area contributed by atoms with Gasteiger partial charge in [0.2, 0.25) is 0 Å². The average molecular weight is 236 g/mol. The molecule has 1 rings (SSSR count). The average Bonchev–Trinajstić information content (AvgIpc) is 2.35. The maximum atomic E-state index is 5.91. The Labute approximate surface area is 105 Å². The van der Waals surface area contributed by atoms with Crippen molar-refractivity contribution < 1.29 is 4.74 Å². The highest BCUT2D eigenvalue weighted by Gasteiger charge is 2.28. The van der Waals surface area contributed by atoms with Crippen LogP contribution in [0.3, 0.4) is 0 Å². The lowest BCUT2D eigenvalue weighted by molar-refractivity contribution is 0.102. The lowest BCUT2D eigenvalue weighted by Crippen LogP contribution is -2.53. The van der Waals surface area contributed by atoms with Gasteiger partial charge in [0.05, 0.1) is 12.1 Å². The normalized spacial score (nSPS) is 14.4. The van der Waals surface area contributed by atoms with Crippen LogP contribution in [0.4, 0.5) is 5.69 Å². The quantitative estimate of drug-likeness (QED) is 0.823. The van der Waals surface area contributed by atoms with E-state index in [2.05, 4.69) is 50.1 Å². The molecule has 0 aliphatic carbocycles. The highest BCUT2D eigenvalue weighted by molar-refractivity contribution is 5.54. The second-order valence-electron chi connectivity index (χ2n) is 4.68. The van der Waals surface area contributed by atoms with Gasteiger partial charge in [0.25, 0.3) is 0 Å². The minimum Gasteiger partial charge on any atom is -0.379 e. The van der Waals surface area contributed by atoms with Crippen LogP contribution in [-0.4, -0.2) is 32.3 Å². The first kappa shape index (κ1) is 14.0. The van der Waals surface area contributed by atoms with Gasteiger partial charge < -0.3 is 15.4 Å². The van der Waals surface area contributed by atoms with Gasteiger partial charge in [-0.3, -0.25) is 0 Å². The molecule has 0 amide bonds. The highest BCUT2D eigenvalue weighted by Crippen LogP contribution is 2.25. The summed E-state index contributed by atoms with van der Waals surface area (Å²) >= 11 is 0. The number of para-hydroxylation sites is 1. The van der Waals surface area contributed by atoms with E-state index in [-0.39, 0.29) is 5.54 Å². The molecule has 1 atom stereocenters. The lowest BCUT2D eigenvalue weighted by Gasteiger charge is -2.40. The zero-order chi connectivity index (χ0) is 12.9. The second-order valence-corrected chi connectivity index (χ2v) is 4.68. The molecule has 17 heavy (non-hydrogen) atoms. The predicted octanol–water partition coefficient (Wildman–Crippen LogP) is 2.19. The number of hydrogen-bond acceptors (Lipinski definition) is 3. The maximum Gasteiger partial charge on any atom is 0.0725 e. The number of nitrogens with zero attached hydrogens (tertiary/aromatic N) is 1. The van der Waals surface area contributed by atoms with Gasteiger partial charge in [0.15, 0.2) is 0 Å². The van der Waals surface area contributed by atoms with E-state index < -0.39 is 0 Å². The van der Waals surface area contributed by atoms with Crippen molar-refractivity contribution in [3.63, 3.8) is 0 Å². The van der Waals surface area contributed by atoms with Crippen LogP contribution in [0.1, 0.15) is 19.4 Å². The van der Waals surface area contributed by atoms with Gasteiger partial charge in [0, 0.05) is 25.9 Å². The Morgan fingerprint density at radius 3 is 2.53 bits per heavy atom. The second kappa shape index (κ2) is 6.03. The Balaban J connectivity index is 2.92. The summed E-state index contributed by atoms with van der Waals surface area (Å²) in [6.07, 6.45) is 0. The highest BCUT2D eigenvalue weighted by atomic mass is 16.5. The van der Waals surface area contributed by atoms with Gasteiger partial charge in [-0.05, 0) is 32.4 Å². The summed E-state index contributed by atoms with van der Waals surface area (Å²) in [5.74, 6) is 0. The number of rotatable bonds is 6. The number of hydrogen-bond donors (Lipinski definition) is 1. The van der Waals surface area contributed by atoms with Crippen molar-refractivity contribution in [3.8, 4) is 0 Å². The van der Waals surface area contributed by atoms with Crippen LogP contribution in [0, 0.1) is 6.92 Å². The molecule has 96 valence electrons. The Bertz CT molecular complexity index is 354. The van der Waals surface area contributed by atoms with E-state index in [0.29, 0.717) is 13.2 Å². The van der Waals surface area contributed by atoms with Crippen LogP contribution in [0.25, 0.3) is 0 Å². The Morgan fingerprint density at radius 1 is 1.35 bits per heavy atom. The van der Waals surface area contributed by atoms with E-state index in [4.69, 9.17) is 10.5 Å². The van der Waals surface area contributed by atoms with Crippen molar-refractivity contribution in [1.29, 1.82) is 0 Å². The Hall–Kier alpha value is -1.06. The number of benzene rings is 1. The zero-order valence-electron chi connectivity index (χ0n) is 11.4. The predicted molar refractivity (Wildman–Crippen MR) is 73.5 cm³/mol. The van der Waals surface area contributed by atoms with E-state index in [1.54, 1.807) is 0 Å². The van der Waals surface area contributed by atoms with Gasteiger partial charge in [-0.1, -0.05) is 18.2 Å². The minimum absolute atomic E-state index is 0.165. The van der Waals surface area contributed by atoms with Crippen LogP contribution in [-0.2, 0) is 4.74 Å². The van der Waals surface area contributed by atoms with Crippen molar-refractivity contribution in [2.24, 2.45) is 5.73 Å². The molecule has 3 nitrogen and oxygen atoms in total. The summed E-state index contributed by atoms with van der Waals surface area (Å²) in [4.78, 5) is 2.22. The third kappa shape index (κ3) is 3.20. The molecule has 1 aromatic rings. The number of ether oxygens (including phenoxy) is 1. The monoisotopic (exact) mass is 236 g/mol. The van der Waals surface area contributed by atoms with Gasteiger partial charge in [-0.15, -0.1) is 0 Å². The minimum atomic E-state index is -0.165. The molecule has 1 unspecified atom stereocenters. The molecule has 1 aromatic carbocycles. The molecule has 0 aromatic heterocycles. The van der Waals surface area contributed by atoms with Gasteiger partial charge in [0.1, 0.15) is 0 Å². The Kier molecular flexibility index (Phi) is 4.97. The fourth-order valence-corrected chi connectivity index (χ4v) is 1.85. The van der Waals surface area contributed by atoms with Crippen molar-refractivity contribution in [2.75, 3.05) is 31.7 Å². The topological polar surface area (TPSA) is 38.5 Å². The molecule has 0 radical (unpaired) electrons. The van der Waals surface area contributed by atoms with Crippen molar-refractivity contribution in [3.05, 3.63) is 29.8 Å². The summed E-state index contributed by atoms with van der Waals surface area (Å²) in [7, 11) is 2.08. The fraction of sp³-hybridized carbons (Fsp3) is 0.571. The first-order chi connectivity index (χ1) is 8.05. The molecule has 0 bridgehead atoms. The molecule has 0 saturated carbocycles. The van der Waals surface area contributed by atoms with Crippen molar-refractivity contribution in [2.45, 2.75) is 26.3 Å². The first-order valence-corrected chi connectivity index (χ1v) is 6.12. The molecule has 0 heterocycles.